The fourth-order valence-electron chi connectivity index (χ4n) is 3.15. The van der Waals surface area contributed by atoms with E-state index in [1.807, 2.05) is 12.4 Å². The fraction of sp³-hybridized carbons (Fsp3) is 0.667. The molecule has 112 valence electrons. The van der Waals surface area contributed by atoms with E-state index >= 15 is 0 Å². The first-order chi connectivity index (χ1) is 10.3. The third-order valence-corrected chi connectivity index (χ3v) is 4.53. The van der Waals surface area contributed by atoms with Crippen LogP contribution in [0.1, 0.15) is 62.1 Å². The molecule has 1 aliphatic carbocycles. The lowest BCUT2D eigenvalue weighted by atomic mass is 10.2. The molecule has 1 aliphatic heterocycles. The van der Waals surface area contributed by atoms with Gasteiger partial charge in [-0.25, -0.2) is 4.98 Å². The first-order valence-electron chi connectivity index (χ1n) is 7.92. The molecule has 6 nitrogen and oxygen atoms in total. The predicted octanol–water partition coefficient (Wildman–Crippen LogP) is 2.50. The second-order valence-electron chi connectivity index (χ2n) is 6.02. The number of hydrogen-bond donors (Lipinski definition) is 0. The zero-order valence-electron chi connectivity index (χ0n) is 12.4. The van der Waals surface area contributed by atoms with E-state index in [1.54, 1.807) is 0 Å². The van der Waals surface area contributed by atoms with E-state index in [0.717, 1.165) is 43.6 Å². The van der Waals surface area contributed by atoms with Gasteiger partial charge in [-0.2, -0.15) is 4.98 Å². The smallest absolute Gasteiger partial charge is 0.229 e. The van der Waals surface area contributed by atoms with Crippen LogP contribution >= 0.6 is 0 Å². The molecule has 2 aromatic heterocycles. The summed E-state index contributed by atoms with van der Waals surface area (Å²) in [6.45, 7) is 5.04. The van der Waals surface area contributed by atoms with Crippen LogP contribution in [-0.4, -0.2) is 31.1 Å². The van der Waals surface area contributed by atoms with Gasteiger partial charge < -0.3 is 9.09 Å². The normalized spacial score (nSPS) is 23.0. The van der Waals surface area contributed by atoms with E-state index in [9.17, 15) is 0 Å². The Labute approximate surface area is 124 Å². The second-order valence-corrected chi connectivity index (χ2v) is 6.02. The number of imidazole rings is 1. The molecular formula is C15H21N5O. The van der Waals surface area contributed by atoms with E-state index in [4.69, 9.17) is 4.52 Å². The molecule has 0 spiro atoms. The van der Waals surface area contributed by atoms with E-state index in [0.29, 0.717) is 5.92 Å². The Morgan fingerprint density at radius 3 is 3.05 bits per heavy atom. The molecule has 0 radical (unpaired) electrons. The van der Waals surface area contributed by atoms with Crippen LogP contribution in [0.5, 0.6) is 0 Å². The van der Waals surface area contributed by atoms with E-state index in [1.165, 1.54) is 19.3 Å². The molecule has 1 saturated heterocycles. The Bertz CT molecular complexity index is 615. The molecule has 2 aromatic rings. The topological polar surface area (TPSA) is 60.0 Å². The van der Waals surface area contributed by atoms with Gasteiger partial charge in [-0.3, -0.25) is 4.90 Å². The highest BCUT2D eigenvalue weighted by molar-refractivity contribution is 5.06. The third-order valence-electron chi connectivity index (χ3n) is 4.53. The average molecular weight is 287 g/mol. The van der Waals surface area contributed by atoms with Gasteiger partial charge in [0.15, 0.2) is 5.82 Å². The molecule has 0 amide bonds. The molecule has 1 atom stereocenters. The Hall–Kier alpha value is -1.69. The second kappa shape index (κ2) is 5.26. The summed E-state index contributed by atoms with van der Waals surface area (Å²) in [5.74, 6) is 3.35. The van der Waals surface area contributed by atoms with Gasteiger partial charge in [-0.1, -0.05) is 5.16 Å². The molecule has 6 heteroatoms. The summed E-state index contributed by atoms with van der Waals surface area (Å²) in [4.78, 5) is 11.5. The van der Waals surface area contributed by atoms with Gasteiger partial charge in [0, 0.05) is 24.9 Å². The number of nitrogens with zero attached hydrogens (tertiary/aromatic N) is 5. The average Bonchev–Trinajstić information content (AvgIpc) is 2.94. The summed E-state index contributed by atoms with van der Waals surface area (Å²) in [6, 6.07) is 0.281. The van der Waals surface area contributed by atoms with Crippen LogP contribution in [0.2, 0.25) is 0 Å². The van der Waals surface area contributed by atoms with Crippen LogP contribution in [-0.2, 0) is 13.1 Å². The molecule has 0 aromatic carbocycles. The first kappa shape index (κ1) is 13.0. The van der Waals surface area contributed by atoms with Crippen LogP contribution in [0.25, 0.3) is 0 Å². The zero-order valence-corrected chi connectivity index (χ0v) is 12.4. The highest BCUT2D eigenvalue weighted by atomic mass is 16.5. The van der Waals surface area contributed by atoms with Gasteiger partial charge in [0.25, 0.3) is 0 Å². The van der Waals surface area contributed by atoms with Gasteiger partial charge in [0.05, 0.1) is 12.6 Å². The molecule has 0 N–H and O–H groups in total. The molecule has 2 aliphatic rings. The van der Waals surface area contributed by atoms with Crippen LogP contribution in [0.3, 0.4) is 0 Å². The highest BCUT2D eigenvalue weighted by Crippen LogP contribution is 2.40. The van der Waals surface area contributed by atoms with Crippen molar-refractivity contribution in [2.75, 3.05) is 6.54 Å². The number of aromatic nitrogens is 4. The molecule has 0 unspecified atom stereocenters. The Balaban J connectivity index is 1.51. The number of aryl methyl sites for hydroxylation is 1. The van der Waals surface area contributed by atoms with Crippen molar-refractivity contribution in [1.82, 2.24) is 24.6 Å². The first-order valence-corrected chi connectivity index (χ1v) is 7.92. The van der Waals surface area contributed by atoms with Crippen molar-refractivity contribution in [2.45, 2.75) is 57.7 Å². The number of hydrogen-bond acceptors (Lipinski definition) is 5. The molecule has 0 bridgehead atoms. The van der Waals surface area contributed by atoms with E-state index in [2.05, 4.69) is 31.5 Å². The largest absolute Gasteiger partial charge is 0.339 e. The molecular weight excluding hydrogens is 266 g/mol. The van der Waals surface area contributed by atoms with Crippen molar-refractivity contribution in [3.63, 3.8) is 0 Å². The maximum absolute atomic E-state index is 5.42. The quantitative estimate of drug-likeness (QED) is 0.845. The van der Waals surface area contributed by atoms with Gasteiger partial charge >= 0.3 is 0 Å². The van der Waals surface area contributed by atoms with Crippen LogP contribution in [0, 0.1) is 0 Å². The molecule has 1 saturated carbocycles. The minimum Gasteiger partial charge on any atom is -0.339 e. The van der Waals surface area contributed by atoms with Crippen molar-refractivity contribution >= 4 is 0 Å². The van der Waals surface area contributed by atoms with Gasteiger partial charge in [0.1, 0.15) is 5.82 Å². The number of likely N-dealkylation sites (tertiary alicyclic amines) is 1. The molecule has 3 heterocycles. The predicted molar refractivity (Wildman–Crippen MR) is 76.6 cm³/mol. The maximum atomic E-state index is 5.42. The highest BCUT2D eigenvalue weighted by Gasteiger charge is 2.34. The standard InChI is InChI=1S/C15H21N5O/c1-2-19-9-7-16-13(19)10-20-8-3-4-12(20)14-17-15(21-18-14)11-5-6-11/h7,9,11-12H,2-6,8,10H2,1H3/t12-/m1/s1. The SMILES string of the molecule is CCn1ccnc1CN1CCC[C@@H]1c1noc(C2CC2)n1. The monoisotopic (exact) mass is 287 g/mol. The molecule has 4 rings (SSSR count). The minimum absolute atomic E-state index is 0.281. The van der Waals surface area contributed by atoms with Gasteiger partial charge in [-0.15, -0.1) is 0 Å². The fourth-order valence-corrected chi connectivity index (χ4v) is 3.15. The summed E-state index contributed by atoms with van der Waals surface area (Å²) in [5.41, 5.74) is 0. The van der Waals surface area contributed by atoms with Crippen molar-refractivity contribution in [3.05, 3.63) is 29.9 Å². The van der Waals surface area contributed by atoms with E-state index in [-0.39, 0.29) is 6.04 Å². The maximum Gasteiger partial charge on any atom is 0.229 e. The van der Waals surface area contributed by atoms with Crippen LogP contribution < -0.4 is 0 Å². The summed E-state index contributed by atoms with van der Waals surface area (Å²) in [6.07, 6.45) is 8.61. The minimum atomic E-state index is 0.281. The summed E-state index contributed by atoms with van der Waals surface area (Å²) in [5, 5.41) is 4.23. The zero-order chi connectivity index (χ0) is 14.2. The van der Waals surface area contributed by atoms with Crippen LogP contribution in [0.4, 0.5) is 0 Å². The van der Waals surface area contributed by atoms with Crippen molar-refractivity contribution < 1.29 is 4.52 Å². The van der Waals surface area contributed by atoms with Gasteiger partial charge in [0.2, 0.25) is 5.89 Å². The molecule has 21 heavy (non-hydrogen) atoms. The van der Waals surface area contributed by atoms with Crippen molar-refractivity contribution in [3.8, 4) is 0 Å². The summed E-state index contributed by atoms with van der Waals surface area (Å²) < 4.78 is 7.62. The Morgan fingerprint density at radius 2 is 2.24 bits per heavy atom. The lowest BCUT2D eigenvalue weighted by molar-refractivity contribution is 0.225. The van der Waals surface area contributed by atoms with Crippen molar-refractivity contribution in [2.24, 2.45) is 0 Å². The summed E-state index contributed by atoms with van der Waals surface area (Å²) >= 11 is 0. The van der Waals surface area contributed by atoms with Gasteiger partial charge in [-0.05, 0) is 39.2 Å². The van der Waals surface area contributed by atoms with Crippen LogP contribution in [0.15, 0.2) is 16.9 Å². The van der Waals surface area contributed by atoms with Crippen molar-refractivity contribution in [1.29, 1.82) is 0 Å². The lowest BCUT2D eigenvalue weighted by Gasteiger charge is -2.21. The Morgan fingerprint density at radius 1 is 1.33 bits per heavy atom. The Kier molecular flexibility index (Phi) is 3.25. The third kappa shape index (κ3) is 2.48. The molecule has 2 fully saturated rings. The number of rotatable bonds is 5. The van der Waals surface area contributed by atoms with E-state index < -0.39 is 0 Å². The lowest BCUT2D eigenvalue weighted by Crippen LogP contribution is -2.25. The summed E-state index contributed by atoms with van der Waals surface area (Å²) in [7, 11) is 0.